The van der Waals surface area contributed by atoms with Gasteiger partial charge in [0.1, 0.15) is 0 Å². The van der Waals surface area contributed by atoms with Crippen LogP contribution in [0.4, 0.5) is 0 Å². The lowest BCUT2D eigenvalue weighted by Gasteiger charge is -2.27. The Kier molecular flexibility index (Phi) is 7.39. The predicted octanol–water partition coefficient (Wildman–Crippen LogP) is 1.21. The molecule has 2 unspecified atom stereocenters. The molecule has 0 rings (SSSR count). The minimum Gasteiger partial charge on any atom is -0.368 e. The Morgan fingerprint density at radius 3 is 2.53 bits per heavy atom. The summed E-state index contributed by atoms with van der Waals surface area (Å²) in [7, 11) is 3.92. The molecule has 3 N–H and O–H groups in total. The van der Waals surface area contributed by atoms with Gasteiger partial charge in [-0.1, -0.05) is 20.3 Å². The van der Waals surface area contributed by atoms with Crippen molar-refractivity contribution in [2.24, 2.45) is 11.7 Å². The van der Waals surface area contributed by atoms with Crippen LogP contribution in [0.25, 0.3) is 0 Å². The number of hydrogen-bond donors (Lipinski definition) is 2. The molecule has 0 aliphatic heterocycles. The van der Waals surface area contributed by atoms with Gasteiger partial charge in [0.15, 0.2) is 0 Å². The van der Waals surface area contributed by atoms with Crippen molar-refractivity contribution in [3.05, 3.63) is 0 Å². The van der Waals surface area contributed by atoms with Crippen LogP contribution < -0.4 is 11.1 Å². The Morgan fingerprint density at radius 2 is 2.12 bits per heavy atom. The molecule has 0 fully saturated rings. The molecule has 4 heteroatoms. The third-order valence-corrected chi connectivity index (χ3v) is 3.63. The minimum absolute atomic E-state index is 0.274. The third kappa shape index (κ3) is 6.03. The van der Waals surface area contributed by atoms with Gasteiger partial charge in [-0.25, -0.2) is 0 Å². The van der Waals surface area contributed by atoms with Gasteiger partial charge >= 0.3 is 0 Å². The Balaban J connectivity index is 3.93. The van der Waals surface area contributed by atoms with Crippen molar-refractivity contribution in [1.29, 1.82) is 0 Å². The predicted molar refractivity (Wildman–Crippen MR) is 72.8 cm³/mol. The molecule has 4 nitrogen and oxygen atoms in total. The van der Waals surface area contributed by atoms with Gasteiger partial charge in [-0.15, -0.1) is 0 Å². The summed E-state index contributed by atoms with van der Waals surface area (Å²) in [5, 5.41) is 3.01. The number of carbonyl (C=O) groups excluding carboxylic acids is 1. The van der Waals surface area contributed by atoms with Crippen molar-refractivity contribution in [1.82, 2.24) is 10.2 Å². The molecule has 0 aromatic rings. The molecule has 17 heavy (non-hydrogen) atoms. The molecule has 0 bridgehead atoms. The maximum absolute atomic E-state index is 11.3. The molecule has 0 aliphatic carbocycles. The largest absolute Gasteiger partial charge is 0.368 e. The van der Waals surface area contributed by atoms with E-state index in [1.165, 1.54) is 6.42 Å². The molecule has 102 valence electrons. The van der Waals surface area contributed by atoms with Crippen molar-refractivity contribution < 1.29 is 4.79 Å². The maximum atomic E-state index is 11.3. The first-order valence-electron chi connectivity index (χ1n) is 6.53. The number of nitrogens with zero attached hydrogens (tertiary/aromatic N) is 1. The van der Waals surface area contributed by atoms with E-state index in [9.17, 15) is 4.79 Å². The van der Waals surface area contributed by atoms with E-state index in [1.807, 2.05) is 6.92 Å². The summed E-state index contributed by atoms with van der Waals surface area (Å²) < 4.78 is 0. The van der Waals surface area contributed by atoms with Crippen LogP contribution in [0.2, 0.25) is 0 Å². The van der Waals surface area contributed by atoms with Gasteiger partial charge in [-0.2, -0.15) is 0 Å². The Morgan fingerprint density at radius 1 is 1.53 bits per heavy atom. The molecular formula is C13H29N3O. The van der Waals surface area contributed by atoms with E-state index in [4.69, 9.17) is 5.73 Å². The second kappa shape index (κ2) is 7.67. The van der Waals surface area contributed by atoms with Gasteiger partial charge in [0.2, 0.25) is 5.91 Å². The highest BCUT2D eigenvalue weighted by atomic mass is 16.1. The molecule has 1 amide bonds. The van der Waals surface area contributed by atoms with Crippen molar-refractivity contribution in [2.45, 2.75) is 45.6 Å². The van der Waals surface area contributed by atoms with Gasteiger partial charge in [0.05, 0.1) is 5.54 Å². The van der Waals surface area contributed by atoms with Gasteiger partial charge in [-0.05, 0) is 46.3 Å². The average molecular weight is 243 g/mol. The van der Waals surface area contributed by atoms with E-state index in [0.29, 0.717) is 0 Å². The van der Waals surface area contributed by atoms with Gasteiger partial charge in [0.25, 0.3) is 0 Å². The van der Waals surface area contributed by atoms with E-state index in [2.05, 4.69) is 31.1 Å². The number of amides is 1. The summed E-state index contributed by atoms with van der Waals surface area (Å²) in [5.74, 6) is 0.455. The minimum atomic E-state index is -0.572. The fourth-order valence-corrected chi connectivity index (χ4v) is 1.83. The van der Waals surface area contributed by atoms with E-state index in [1.54, 1.807) is 7.05 Å². The molecule has 0 aromatic carbocycles. The molecule has 2 atom stereocenters. The topological polar surface area (TPSA) is 58.4 Å². The molecule has 0 saturated carbocycles. The van der Waals surface area contributed by atoms with Crippen LogP contribution in [0.15, 0.2) is 0 Å². The summed E-state index contributed by atoms with van der Waals surface area (Å²) >= 11 is 0. The fourth-order valence-electron chi connectivity index (χ4n) is 1.83. The number of primary amides is 1. The molecular weight excluding hydrogens is 214 g/mol. The van der Waals surface area contributed by atoms with E-state index in [0.717, 1.165) is 31.8 Å². The quantitative estimate of drug-likeness (QED) is 0.640. The van der Waals surface area contributed by atoms with Crippen LogP contribution >= 0.6 is 0 Å². The van der Waals surface area contributed by atoms with Crippen LogP contribution in [0.5, 0.6) is 0 Å². The van der Waals surface area contributed by atoms with Crippen LogP contribution in [0, 0.1) is 5.92 Å². The normalized spacial score (nSPS) is 16.8. The Hall–Kier alpha value is -0.610. The van der Waals surface area contributed by atoms with Crippen LogP contribution in [0.3, 0.4) is 0 Å². The zero-order chi connectivity index (χ0) is 13.5. The lowest BCUT2D eigenvalue weighted by atomic mass is 9.95. The van der Waals surface area contributed by atoms with E-state index < -0.39 is 5.54 Å². The van der Waals surface area contributed by atoms with Crippen LogP contribution in [-0.2, 0) is 4.79 Å². The first-order valence-corrected chi connectivity index (χ1v) is 6.53. The summed E-state index contributed by atoms with van der Waals surface area (Å²) in [6.07, 6.45) is 2.97. The third-order valence-electron chi connectivity index (χ3n) is 3.63. The van der Waals surface area contributed by atoms with Crippen molar-refractivity contribution in [2.75, 3.05) is 27.2 Å². The SMILES string of the molecule is CCC(C)CN(C)CCCC(C)(NC)C(N)=O. The molecule has 0 radical (unpaired) electrons. The first-order chi connectivity index (χ1) is 7.85. The molecule has 0 heterocycles. The standard InChI is InChI=1S/C13H29N3O/c1-6-11(2)10-16(5)9-7-8-13(3,15-4)12(14)17/h11,15H,6-10H2,1-5H3,(H2,14,17). The average Bonchev–Trinajstić information content (AvgIpc) is 2.28. The number of nitrogens with one attached hydrogen (secondary N) is 1. The zero-order valence-corrected chi connectivity index (χ0v) is 12.0. The number of nitrogens with two attached hydrogens (primary N) is 1. The number of hydrogen-bond acceptors (Lipinski definition) is 3. The summed E-state index contributed by atoms with van der Waals surface area (Å²) in [6, 6.07) is 0. The van der Waals surface area contributed by atoms with Crippen molar-refractivity contribution in [3.8, 4) is 0 Å². The van der Waals surface area contributed by atoms with Gasteiger partial charge in [0, 0.05) is 6.54 Å². The summed E-state index contributed by atoms with van der Waals surface area (Å²) in [5.41, 5.74) is 4.81. The summed E-state index contributed by atoms with van der Waals surface area (Å²) in [6.45, 7) is 8.46. The number of likely N-dealkylation sites (N-methyl/N-ethyl adjacent to an activating group) is 1. The lowest BCUT2D eigenvalue weighted by Crippen LogP contribution is -2.51. The highest BCUT2D eigenvalue weighted by Gasteiger charge is 2.28. The Bertz CT molecular complexity index is 233. The van der Waals surface area contributed by atoms with Crippen molar-refractivity contribution >= 4 is 5.91 Å². The highest BCUT2D eigenvalue weighted by Crippen LogP contribution is 2.12. The second-order valence-electron chi connectivity index (χ2n) is 5.33. The second-order valence-corrected chi connectivity index (χ2v) is 5.33. The highest BCUT2D eigenvalue weighted by molar-refractivity contribution is 5.84. The fraction of sp³-hybridized carbons (Fsp3) is 0.923. The number of rotatable bonds is 9. The van der Waals surface area contributed by atoms with E-state index >= 15 is 0 Å². The number of carbonyl (C=O) groups is 1. The van der Waals surface area contributed by atoms with Crippen LogP contribution in [-0.4, -0.2) is 43.5 Å². The maximum Gasteiger partial charge on any atom is 0.237 e. The van der Waals surface area contributed by atoms with Crippen LogP contribution in [0.1, 0.15) is 40.0 Å². The smallest absolute Gasteiger partial charge is 0.237 e. The lowest BCUT2D eigenvalue weighted by molar-refractivity contribution is -0.123. The summed E-state index contributed by atoms with van der Waals surface area (Å²) in [4.78, 5) is 13.6. The zero-order valence-electron chi connectivity index (χ0n) is 12.0. The van der Waals surface area contributed by atoms with Crippen molar-refractivity contribution in [3.63, 3.8) is 0 Å². The molecule has 0 aliphatic rings. The monoisotopic (exact) mass is 243 g/mol. The molecule has 0 aromatic heterocycles. The molecule has 0 saturated heterocycles. The van der Waals surface area contributed by atoms with E-state index in [-0.39, 0.29) is 5.91 Å². The first kappa shape index (κ1) is 16.4. The molecule has 0 spiro atoms. The Labute approximate surface area is 106 Å². The van der Waals surface area contributed by atoms with Gasteiger partial charge < -0.3 is 16.0 Å². The van der Waals surface area contributed by atoms with Gasteiger partial charge in [-0.3, -0.25) is 4.79 Å².